The van der Waals surface area contributed by atoms with Crippen LogP contribution in [0, 0.1) is 12.7 Å². The molecule has 1 fully saturated rings. The van der Waals surface area contributed by atoms with E-state index in [9.17, 15) is 14.0 Å². The van der Waals surface area contributed by atoms with E-state index in [0.717, 1.165) is 4.88 Å². The lowest BCUT2D eigenvalue weighted by Gasteiger charge is -2.22. The van der Waals surface area contributed by atoms with E-state index in [1.165, 1.54) is 29.7 Å². The molecule has 2 heterocycles. The molecule has 7 heteroatoms. The van der Waals surface area contributed by atoms with Crippen LogP contribution in [0.25, 0.3) is 0 Å². The van der Waals surface area contributed by atoms with Gasteiger partial charge in [0, 0.05) is 17.7 Å². The van der Waals surface area contributed by atoms with Crippen LogP contribution in [0.1, 0.15) is 23.3 Å². The number of hydrogen-bond donors (Lipinski definition) is 0. The van der Waals surface area contributed by atoms with Crippen molar-refractivity contribution in [2.45, 2.75) is 38.3 Å². The Hall–Kier alpha value is -2.41. The monoisotopic (exact) mass is 391 g/mol. The van der Waals surface area contributed by atoms with Crippen molar-refractivity contribution >= 4 is 23.2 Å². The molecule has 0 unspecified atom stereocenters. The molecule has 1 aromatic carbocycles. The number of hydrogen-bond acceptors (Lipinski definition) is 5. The minimum absolute atomic E-state index is 0.120. The molecular formula is C20H22FNO4S. The number of thiophene rings is 1. The number of rotatable bonds is 6. The summed E-state index contributed by atoms with van der Waals surface area (Å²) in [6.45, 7) is 2.25. The summed E-state index contributed by atoms with van der Waals surface area (Å²) in [4.78, 5) is 27.5. The molecule has 0 bridgehead atoms. The average Bonchev–Trinajstić information content (AvgIpc) is 3.27. The van der Waals surface area contributed by atoms with E-state index in [-0.39, 0.29) is 24.6 Å². The van der Waals surface area contributed by atoms with Gasteiger partial charge in [-0.05, 0) is 42.5 Å². The zero-order valence-electron chi connectivity index (χ0n) is 15.3. The van der Waals surface area contributed by atoms with Gasteiger partial charge >= 0.3 is 5.97 Å². The van der Waals surface area contributed by atoms with Crippen LogP contribution in [0.5, 0.6) is 5.75 Å². The Kier molecular flexibility index (Phi) is 6.11. The first kappa shape index (κ1) is 19.4. The van der Waals surface area contributed by atoms with E-state index in [0.29, 0.717) is 12.8 Å². The Labute approximate surface area is 161 Å². The average molecular weight is 391 g/mol. The summed E-state index contributed by atoms with van der Waals surface area (Å²) in [5.41, 5.74) is 1.17. The largest absolute Gasteiger partial charge is 0.485 e. The van der Waals surface area contributed by atoms with Crippen molar-refractivity contribution in [1.82, 2.24) is 4.90 Å². The first-order valence-electron chi connectivity index (χ1n) is 8.81. The van der Waals surface area contributed by atoms with Gasteiger partial charge in [0.2, 0.25) is 5.91 Å². The number of carbonyl (C=O) groups excluding carboxylic acids is 2. The SMILES string of the molecule is COC(=O)[C@@H]1C[C@H](Oc2ccccc2F)CN1C(=O)CCc1sccc1C. The predicted molar refractivity (Wildman–Crippen MR) is 100 cm³/mol. The topological polar surface area (TPSA) is 55.8 Å². The Morgan fingerprint density at radius 3 is 2.74 bits per heavy atom. The number of para-hydroxylation sites is 1. The van der Waals surface area contributed by atoms with Crippen LogP contribution in [-0.4, -0.2) is 42.6 Å². The Bertz CT molecular complexity index is 822. The fraction of sp³-hybridized carbons (Fsp3) is 0.400. The van der Waals surface area contributed by atoms with Crippen molar-refractivity contribution < 1.29 is 23.5 Å². The Morgan fingerprint density at radius 2 is 2.07 bits per heavy atom. The van der Waals surface area contributed by atoms with Crippen molar-refractivity contribution in [3.8, 4) is 5.75 Å². The summed E-state index contributed by atoms with van der Waals surface area (Å²) >= 11 is 1.62. The number of halogens is 1. The van der Waals surface area contributed by atoms with Crippen molar-refractivity contribution in [3.63, 3.8) is 0 Å². The molecule has 0 spiro atoms. The number of benzene rings is 1. The van der Waals surface area contributed by atoms with E-state index >= 15 is 0 Å². The first-order valence-corrected chi connectivity index (χ1v) is 9.69. The van der Waals surface area contributed by atoms with Crippen molar-refractivity contribution in [1.29, 1.82) is 0 Å². The van der Waals surface area contributed by atoms with Gasteiger partial charge in [-0.25, -0.2) is 9.18 Å². The number of aryl methyl sites for hydroxylation is 2. The number of likely N-dealkylation sites (tertiary alicyclic amines) is 1. The highest BCUT2D eigenvalue weighted by atomic mass is 32.1. The van der Waals surface area contributed by atoms with Gasteiger partial charge in [0.1, 0.15) is 12.1 Å². The van der Waals surface area contributed by atoms with Crippen LogP contribution in [0.3, 0.4) is 0 Å². The smallest absolute Gasteiger partial charge is 0.328 e. The van der Waals surface area contributed by atoms with Gasteiger partial charge < -0.3 is 14.4 Å². The van der Waals surface area contributed by atoms with Crippen LogP contribution in [0.4, 0.5) is 4.39 Å². The molecule has 2 atom stereocenters. The zero-order valence-corrected chi connectivity index (χ0v) is 16.1. The highest BCUT2D eigenvalue weighted by Crippen LogP contribution is 2.27. The molecule has 1 aliphatic heterocycles. The van der Waals surface area contributed by atoms with Gasteiger partial charge in [0.15, 0.2) is 11.6 Å². The third-order valence-corrected chi connectivity index (χ3v) is 5.80. The molecule has 1 aliphatic rings. The molecule has 144 valence electrons. The van der Waals surface area contributed by atoms with Crippen molar-refractivity contribution in [2.75, 3.05) is 13.7 Å². The van der Waals surface area contributed by atoms with Gasteiger partial charge in [-0.2, -0.15) is 0 Å². The van der Waals surface area contributed by atoms with E-state index in [4.69, 9.17) is 9.47 Å². The fourth-order valence-electron chi connectivity index (χ4n) is 3.26. The van der Waals surface area contributed by atoms with Crippen LogP contribution >= 0.6 is 11.3 Å². The Morgan fingerprint density at radius 1 is 1.30 bits per heavy atom. The standard InChI is InChI=1S/C20H22FNO4S/c1-13-9-10-27-18(13)7-8-19(23)22-12-14(11-16(22)20(24)25-2)26-17-6-4-3-5-15(17)21/h3-6,9-10,14,16H,7-8,11-12H2,1-2H3/t14-,16-/m0/s1. The third-order valence-electron chi connectivity index (χ3n) is 4.72. The number of esters is 1. The maximum Gasteiger partial charge on any atom is 0.328 e. The molecule has 3 rings (SSSR count). The molecule has 0 N–H and O–H groups in total. The number of ether oxygens (including phenoxy) is 2. The van der Waals surface area contributed by atoms with Gasteiger partial charge in [-0.3, -0.25) is 4.79 Å². The number of methoxy groups -OCH3 is 1. The summed E-state index contributed by atoms with van der Waals surface area (Å²) in [6.07, 6.45) is 0.760. The van der Waals surface area contributed by atoms with Crippen LogP contribution in [0.2, 0.25) is 0 Å². The quantitative estimate of drug-likeness (QED) is 0.709. The summed E-state index contributed by atoms with van der Waals surface area (Å²) in [5, 5.41) is 2.00. The lowest BCUT2D eigenvalue weighted by molar-refractivity contribution is -0.150. The molecule has 1 amide bonds. The van der Waals surface area contributed by atoms with Crippen LogP contribution in [-0.2, 0) is 20.7 Å². The molecule has 0 radical (unpaired) electrons. The van der Waals surface area contributed by atoms with Crippen LogP contribution < -0.4 is 4.74 Å². The lowest BCUT2D eigenvalue weighted by Crippen LogP contribution is -2.41. The summed E-state index contributed by atoms with van der Waals surface area (Å²) in [6, 6.07) is 7.42. The van der Waals surface area contributed by atoms with Gasteiger partial charge in [0.25, 0.3) is 0 Å². The van der Waals surface area contributed by atoms with Crippen LogP contribution in [0.15, 0.2) is 35.7 Å². The molecular weight excluding hydrogens is 369 g/mol. The molecule has 1 aromatic heterocycles. The number of amides is 1. The molecule has 2 aromatic rings. The minimum Gasteiger partial charge on any atom is -0.485 e. The Balaban J connectivity index is 1.68. The molecule has 0 aliphatic carbocycles. The maximum absolute atomic E-state index is 13.8. The first-order chi connectivity index (χ1) is 13.0. The van der Waals surface area contributed by atoms with E-state index in [1.807, 2.05) is 18.4 Å². The second kappa shape index (κ2) is 8.52. The highest BCUT2D eigenvalue weighted by Gasteiger charge is 2.41. The second-order valence-corrected chi connectivity index (χ2v) is 7.52. The highest BCUT2D eigenvalue weighted by molar-refractivity contribution is 7.10. The molecule has 1 saturated heterocycles. The summed E-state index contributed by atoms with van der Waals surface area (Å²) < 4.78 is 24.4. The van der Waals surface area contributed by atoms with Gasteiger partial charge in [-0.1, -0.05) is 12.1 Å². The lowest BCUT2D eigenvalue weighted by atomic mass is 10.1. The normalized spacial score (nSPS) is 19.1. The van der Waals surface area contributed by atoms with E-state index < -0.39 is 23.9 Å². The molecule has 5 nitrogen and oxygen atoms in total. The predicted octanol–water partition coefficient (Wildman–Crippen LogP) is 3.35. The number of carbonyl (C=O) groups is 2. The second-order valence-electron chi connectivity index (χ2n) is 6.52. The van der Waals surface area contributed by atoms with E-state index in [1.54, 1.807) is 23.5 Å². The minimum atomic E-state index is -0.705. The zero-order chi connectivity index (χ0) is 19.4. The molecule has 0 saturated carbocycles. The van der Waals surface area contributed by atoms with Gasteiger partial charge in [0.05, 0.1) is 13.7 Å². The maximum atomic E-state index is 13.8. The van der Waals surface area contributed by atoms with Gasteiger partial charge in [-0.15, -0.1) is 11.3 Å². The van der Waals surface area contributed by atoms with Crippen molar-refractivity contribution in [2.24, 2.45) is 0 Å². The van der Waals surface area contributed by atoms with E-state index in [2.05, 4.69) is 0 Å². The summed E-state index contributed by atoms with van der Waals surface area (Å²) in [7, 11) is 1.30. The molecule has 27 heavy (non-hydrogen) atoms. The third kappa shape index (κ3) is 4.47. The summed E-state index contributed by atoms with van der Waals surface area (Å²) in [5.74, 6) is -0.951. The van der Waals surface area contributed by atoms with Crippen molar-refractivity contribution in [3.05, 3.63) is 52.0 Å². The fourth-order valence-corrected chi connectivity index (χ4v) is 4.17. The number of nitrogens with zero attached hydrogens (tertiary/aromatic N) is 1.